The molecule has 3 rings (SSSR count). The van der Waals surface area contributed by atoms with Gasteiger partial charge in [0.15, 0.2) is 20.7 Å². The molecular weight excluding hydrogens is 258 g/mol. The summed E-state index contributed by atoms with van der Waals surface area (Å²) in [6.45, 7) is 0.830. The molecular formula is C11H13NO5S. The lowest BCUT2D eigenvalue weighted by Gasteiger charge is -2.24. The van der Waals surface area contributed by atoms with Crippen molar-refractivity contribution in [2.75, 3.05) is 19.5 Å². The Morgan fingerprint density at radius 1 is 1.39 bits per heavy atom. The molecule has 1 spiro atoms. The molecule has 0 saturated carbocycles. The summed E-state index contributed by atoms with van der Waals surface area (Å²) in [4.78, 5) is 3.84. The van der Waals surface area contributed by atoms with Crippen LogP contribution in [0.2, 0.25) is 0 Å². The molecule has 18 heavy (non-hydrogen) atoms. The molecule has 6 nitrogen and oxygen atoms in total. The van der Waals surface area contributed by atoms with Crippen LogP contribution in [0.15, 0.2) is 11.2 Å². The predicted octanol–water partition coefficient (Wildman–Crippen LogP) is 0.337. The summed E-state index contributed by atoms with van der Waals surface area (Å²) in [5, 5.41) is 9.74. The Morgan fingerprint density at radius 3 is 2.67 bits per heavy atom. The maximum Gasteiger partial charge on any atom is 0.198 e. The number of nitrogens with zero attached hydrogens (tertiary/aromatic N) is 1. The molecule has 0 amide bonds. The summed E-state index contributed by atoms with van der Waals surface area (Å²) in [5.74, 6) is -1.05. The van der Waals surface area contributed by atoms with E-state index in [4.69, 9.17) is 9.47 Å². The van der Waals surface area contributed by atoms with Crippen LogP contribution >= 0.6 is 0 Å². The van der Waals surface area contributed by atoms with Gasteiger partial charge in [0, 0.05) is 18.2 Å². The van der Waals surface area contributed by atoms with Crippen LogP contribution in [-0.2, 0) is 31.5 Å². The fraction of sp³-hybridized carbons (Fsp3) is 0.545. The first kappa shape index (κ1) is 11.9. The van der Waals surface area contributed by atoms with E-state index in [1.54, 1.807) is 0 Å². The maximum absolute atomic E-state index is 11.8. The lowest BCUT2D eigenvalue weighted by Crippen LogP contribution is -2.26. The van der Waals surface area contributed by atoms with Crippen LogP contribution in [0, 0.1) is 0 Å². The first-order valence-corrected chi connectivity index (χ1v) is 7.52. The molecule has 2 aliphatic rings. The Morgan fingerprint density at radius 2 is 2.06 bits per heavy atom. The Bertz CT molecular complexity index is 604. The molecule has 7 heteroatoms. The minimum Gasteiger partial charge on any atom is -0.506 e. The number of sulfone groups is 1. The summed E-state index contributed by atoms with van der Waals surface area (Å²) >= 11 is 0. The molecule has 0 aromatic carbocycles. The molecule has 1 fully saturated rings. The van der Waals surface area contributed by atoms with E-state index in [9.17, 15) is 13.5 Å². The van der Waals surface area contributed by atoms with Crippen molar-refractivity contribution in [3.63, 3.8) is 0 Å². The Kier molecular flexibility index (Phi) is 2.42. The second kappa shape index (κ2) is 3.66. The third-order valence-corrected chi connectivity index (χ3v) is 4.33. The average Bonchev–Trinajstić information content (AvgIpc) is 2.88. The molecule has 1 N–H and O–H groups in total. The van der Waals surface area contributed by atoms with Crippen LogP contribution in [0.25, 0.3) is 0 Å². The van der Waals surface area contributed by atoms with E-state index in [1.807, 2.05) is 0 Å². The summed E-state index contributed by atoms with van der Waals surface area (Å²) in [7, 11) is -3.49. The highest BCUT2D eigenvalue weighted by atomic mass is 32.2. The van der Waals surface area contributed by atoms with Crippen molar-refractivity contribution >= 4 is 9.84 Å². The van der Waals surface area contributed by atoms with Gasteiger partial charge in [-0.25, -0.2) is 13.4 Å². The van der Waals surface area contributed by atoms with E-state index in [0.29, 0.717) is 37.2 Å². The van der Waals surface area contributed by atoms with Gasteiger partial charge in [0.1, 0.15) is 5.75 Å². The molecule has 1 aromatic heterocycles. The molecule has 1 aromatic rings. The van der Waals surface area contributed by atoms with Crippen molar-refractivity contribution < 1.29 is 23.0 Å². The van der Waals surface area contributed by atoms with E-state index in [2.05, 4.69) is 4.98 Å². The van der Waals surface area contributed by atoms with Gasteiger partial charge in [-0.05, 0) is 6.42 Å². The van der Waals surface area contributed by atoms with Crippen LogP contribution < -0.4 is 0 Å². The van der Waals surface area contributed by atoms with Gasteiger partial charge in [-0.15, -0.1) is 0 Å². The predicted molar refractivity (Wildman–Crippen MR) is 60.9 cm³/mol. The highest BCUT2D eigenvalue weighted by Gasteiger charge is 2.48. The number of hydrogen-bond donors (Lipinski definition) is 1. The Balaban J connectivity index is 2.30. The minimum atomic E-state index is -3.49. The SMILES string of the molecule is CS(=O)(=O)c1ncc(O)c2c1C1(CC2)OCCO1. The van der Waals surface area contributed by atoms with Gasteiger partial charge in [-0.3, -0.25) is 0 Å². The van der Waals surface area contributed by atoms with Crippen LogP contribution in [0.1, 0.15) is 17.5 Å². The molecule has 1 saturated heterocycles. The zero-order valence-corrected chi connectivity index (χ0v) is 10.7. The summed E-state index contributed by atoms with van der Waals surface area (Å²) in [5.41, 5.74) is 0.940. The number of rotatable bonds is 1. The van der Waals surface area contributed by atoms with Gasteiger partial charge in [0.05, 0.1) is 25.0 Å². The first-order chi connectivity index (χ1) is 8.44. The quantitative estimate of drug-likeness (QED) is 0.792. The van der Waals surface area contributed by atoms with Crippen molar-refractivity contribution in [1.29, 1.82) is 0 Å². The van der Waals surface area contributed by atoms with Crippen molar-refractivity contribution in [1.82, 2.24) is 4.98 Å². The zero-order chi connectivity index (χ0) is 13.0. The van der Waals surface area contributed by atoms with Crippen molar-refractivity contribution in [2.24, 2.45) is 0 Å². The van der Waals surface area contributed by atoms with Gasteiger partial charge >= 0.3 is 0 Å². The van der Waals surface area contributed by atoms with E-state index >= 15 is 0 Å². The van der Waals surface area contributed by atoms with Gasteiger partial charge in [0.2, 0.25) is 0 Å². The smallest absolute Gasteiger partial charge is 0.198 e. The molecule has 0 bridgehead atoms. The minimum absolute atomic E-state index is 0.00613. The monoisotopic (exact) mass is 271 g/mol. The van der Waals surface area contributed by atoms with Crippen LogP contribution in [0.4, 0.5) is 0 Å². The van der Waals surface area contributed by atoms with E-state index in [0.717, 1.165) is 6.26 Å². The number of aromatic hydroxyl groups is 1. The van der Waals surface area contributed by atoms with Crippen LogP contribution in [0.5, 0.6) is 5.75 Å². The highest BCUT2D eigenvalue weighted by molar-refractivity contribution is 7.90. The van der Waals surface area contributed by atoms with E-state index in [-0.39, 0.29) is 10.8 Å². The van der Waals surface area contributed by atoms with Crippen molar-refractivity contribution in [2.45, 2.75) is 23.7 Å². The van der Waals surface area contributed by atoms with Gasteiger partial charge < -0.3 is 14.6 Å². The number of fused-ring (bicyclic) bond motifs is 2. The topological polar surface area (TPSA) is 85.7 Å². The number of aromatic nitrogens is 1. The zero-order valence-electron chi connectivity index (χ0n) is 9.84. The maximum atomic E-state index is 11.8. The Labute approximate surface area is 104 Å². The largest absolute Gasteiger partial charge is 0.506 e. The molecule has 0 radical (unpaired) electrons. The van der Waals surface area contributed by atoms with Gasteiger partial charge in [-0.2, -0.15) is 0 Å². The number of ether oxygens (including phenoxy) is 2. The second-order valence-corrected chi connectivity index (χ2v) is 6.46. The summed E-state index contributed by atoms with van der Waals surface area (Å²) in [6, 6.07) is 0. The highest BCUT2D eigenvalue weighted by Crippen LogP contribution is 2.48. The number of pyridine rings is 1. The molecule has 98 valence electrons. The lowest BCUT2D eigenvalue weighted by atomic mass is 10.1. The molecule has 2 heterocycles. The Hall–Kier alpha value is -1.18. The third kappa shape index (κ3) is 1.54. The van der Waals surface area contributed by atoms with Crippen LogP contribution in [0.3, 0.4) is 0 Å². The van der Waals surface area contributed by atoms with Crippen molar-refractivity contribution in [3.05, 3.63) is 17.3 Å². The standard InChI is InChI=1S/C11H13NO5S/c1-18(14,15)10-9-7(8(13)6-12-10)2-3-11(9)16-4-5-17-11/h6,13H,2-5H2,1H3. The van der Waals surface area contributed by atoms with Gasteiger partial charge in [-0.1, -0.05) is 0 Å². The van der Waals surface area contributed by atoms with Gasteiger partial charge in [0.25, 0.3) is 0 Å². The normalized spacial score (nSPS) is 21.4. The first-order valence-electron chi connectivity index (χ1n) is 5.63. The summed E-state index contributed by atoms with van der Waals surface area (Å²) < 4.78 is 34.7. The van der Waals surface area contributed by atoms with E-state index in [1.165, 1.54) is 6.20 Å². The molecule has 1 aliphatic carbocycles. The molecule has 0 unspecified atom stereocenters. The van der Waals surface area contributed by atoms with Crippen LogP contribution in [-0.4, -0.2) is 38.0 Å². The second-order valence-electron chi connectivity index (χ2n) is 4.52. The average molecular weight is 271 g/mol. The molecule has 1 aliphatic heterocycles. The number of hydrogen-bond acceptors (Lipinski definition) is 6. The lowest BCUT2D eigenvalue weighted by molar-refractivity contribution is -0.165. The molecule has 0 atom stereocenters. The fourth-order valence-corrected chi connectivity index (χ4v) is 3.50. The summed E-state index contributed by atoms with van der Waals surface area (Å²) in [6.07, 6.45) is 3.28. The third-order valence-electron chi connectivity index (χ3n) is 3.32. The fourth-order valence-electron chi connectivity index (χ4n) is 2.60. The van der Waals surface area contributed by atoms with E-state index < -0.39 is 15.6 Å². The van der Waals surface area contributed by atoms with Crippen molar-refractivity contribution in [3.8, 4) is 5.75 Å².